The molecule has 0 aliphatic heterocycles. The van der Waals surface area contributed by atoms with E-state index in [-0.39, 0.29) is 12.0 Å². The Labute approximate surface area is 111 Å². The molecule has 0 spiro atoms. The largest absolute Gasteiger partial charge is 0.480 e. The molecule has 0 bridgehead atoms. The van der Waals surface area contributed by atoms with Crippen LogP contribution in [0.1, 0.15) is 46.5 Å². The maximum atomic E-state index is 11.7. The van der Waals surface area contributed by atoms with E-state index in [2.05, 4.69) is 24.2 Å². The van der Waals surface area contributed by atoms with Gasteiger partial charge in [-0.15, -0.1) is 0 Å². The number of rotatable bonds is 7. The summed E-state index contributed by atoms with van der Waals surface area (Å²) < 4.78 is 0. The zero-order valence-corrected chi connectivity index (χ0v) is 12.2. The average molecular weight is 256 g/mol. The first kappa shape index (κ1) is 15.4. The van der Waals surface area contributed by atoms with Crippen LogP contribution >= 0.6 is 0 Å². The van der Waals surface area contributed by atoms with Crippen molar-refractivity contribution in [2.45, 2.75) is 58.0 Å². The van der Waals surface area contributed by atoms with E-state index >= 15 is 0 Å². The molecule has 0 aromatic heterocycles. The number of carbonyl (C=O) groups is 1. The van der Waals surface area contributed by atoms with Gasteiger partial charge in [0.15, 0.2) is 0 Å². The lowest BCUT2D eigenvalue weighted by molar-refractivity contribution is -0.147. The highest BCUT2D eigenvalue weighted by atomic mass is 16.4. The fourth-order valence-electron chi connectivity index (χ4n) is 3.05. The van der Waals surface area contributed by atoms with Gasteiger partial charge in [-0.05, 0) is 59.2 Å². The molecular weight excluding hydrogens is 228 g/mol. The third kappa shape index (κ3) is 3.45. The van der Waals surface area contributed by atoms with E-state index in [0.717, 1.165) is 38.8 Å². The zero-order valence-electron chi connectivity index (χ0n) is 12.2. The summed E-state index contributed by atoms with van der Waals surface area (Å²) in [6.45, 7) is 8.18. The number of nitrogens with one attached hydrogen (secondary N) is 1. The molecule has 0 heterocycles. The highest BCUT2D eigenvalue weighted by Crippen LogP contribution is 2.38. The lowest BCUT2D eigenvalue weighted by Crippen LogP contribution is -2.57. The summed E-state index contributed by atoms with van der Waals surface area (Å²) in [5.74, 6) is -0.413. The van der Waals surface area contributed by atoms with Crippen molar-refractivity contribution in [1.82, 2.24) is 10.2 Å². The van der Waals surface area contributed by atoms with Crippen molar-refractivity contribution >= 4 is 5.97 Å². The smallest absolute Gasteiger partial charge is 0.324 e. The molecule has 4 heteroatoms. The van der Waals surface area contributed by atoms with Crippen LogP contribution in [0.15, 0.2) is 0 Å². The minimum atomic E-state index is -0.692. The number of aliphatic carboxylic acids is 1. The Kier molecular flexibility index (Phi) is 5.60. The van der Waals surface area contributed by atoms with Crippen LogP contribution in [0.4, 0.5) is 0 Å². The van der Waals surface area contributed by atoms with Crippen LogP contribution < -0.4 is 5.32 Å². The van der Waals surface area contributed by atoms with E-state index in [1.807, 2.05) is 13.8 Å². The Morgan fingerprint density at radius 2 is 2.22 bits per heavy atom. The summed E-state index contributed by atoms with van der Waals surface area (Å²) >= 11 is 0. The quantitative estimate of drug-likeness (QED) is 0.731. The fraction of sp³-hybridized carbons (Fsp3) is 0.929. The van der Waals surface area contributed by atoms with Crippen molar-refractivity contribution in [3.05, 3.63) is 0 Å². The predicted octanol–water partition coefficient (Wildman–Crippen LogP) is 1.95. The Bertz CT molecular complexity index is 281. The molecule has 0 aromatic carbocycles. The standard InChI is InChI=1S/C14H28N2O2/c1-5-16(4)10-8-12-7-6-9-14(12,13(17)18)15-11(2)3/h11-12,15H,5-10H2,1-4H3,(H,17,18). The Morgan fingerprint density at radius 1 is 1.56 bits per heavy atom. The zero-order chi connectivity index (χ0) is 13.8. The van der Waals surface area contributed by atoms with E-state index in [1.54, 1.807) is 0 Å². The lowest BCUT2D eigenvalue weighted by Gasteiger charge is -2.35. The van der Waals surface area contributed by atoms with Crippen LogP contribution in [0, 0.1) is 5.92 Å². The fourth-order valence-corrected chi connectivity index (χ4v) is 3.05. The summed E-state index contributed by atoms with van der Waals surface area (Å²) in [4.78, 5) is 14.0. The minimum absolute atomic E-state index is 0.214. The summed E-state index contributed by atoms with van der Waals surface area (Å²) in [5.41, 5.74) is -0.692. The maximum Gasteiger partial charge on any atom is 0.324 e. The summed E-state index contributed by atoms with van der Waals surface area (Å²) in [7, 11) is 2.09. The van der Waals surface area contributed by atoms with Gasteiger partial charge in [-0.25, -0.2) is 0 Å². The molecule has 0 saturated heterocycles. The molecule has 0 radical (unpaired) electrons. The summed E-state index contributed by atoms with van der Waals surface area (Å²) in [6.07, 6.45) is 3.79. The van der Waals surface area contributed by atoms with Crippen LogP contribution in [-0.2, 0) is 4.79 Å². The molecule has 1 rings (SSSR count). The normalized spacial score (nSPS) is 28.2. The Balaban J connectivity index is 2.71. The number of carboxylic acids is 1. The Morgan fingerprint density at radius 3 is 2.72 bits per heavy atom. The van der Waals surface area contributed by atoms with Gasteiger partial charge in [0.2, 0.25) is 0 Å². The van der Waals surface area contributed by atoms with Crippen molar-refractivity contribution in [2.75, 3.05) is 20.1 Å². The van der Waals surface area contributed by atoms with Crippen LogP contribution in [-0.4, -0.2) is 47.7 Å². The Hall–Kier alpha value is -0.610. The third-order valence-electron chi connectivity index (χ3n) is 4.15. The second-order valence-corrected chi connectivity index (χ2v) is 5.85. The van der Waals surface area contributed by atoms with Gasteiger partial charge in [0.1, 0.15) is 5.54 Å². The van der Waals surface area contributed by atoms with Gasteiger partial charge in [-0.3, -0.25) is 10.1 Å². The van der Waals surface area contributed by atoms with Crippen molar-refractivity contribution in [3.63, 3.8) is 0 Å². The first-order valence-corrected chi connectivity index (χ1v) is 7.12. The lowest BCUT2D eigenvalue weighted by atomic mass is 9.84. The topological polar surface area (TPSA) is 52.6 Å². The molecular formula is C14H28N2O2. The molecule has 4 nitrogen and oxygen atoms in total. The minimum Gasteiger partial charge on any atom is -0.480 e. The highest BCUT2D eigenvalue weighted by molar-refractivity contribution is 5.79. The molecule has 1 saturated carbocycles. The van der Waals surface area contributed by atoms with Crippen LogP contribution in [0.3, 0.4) is 0 Å². The van der Waals surface area contributed by atoms with E-state index in [0.29, 0.717) is 0 Å². The monoisotopic (exact) mass is 256 g/mol. The van der Waals surface area contributed by atoms with Gasteiger partial charge in [0.05, 0.1) is 0 Å². The third-order valence-corrected chi connectivity index (χ3v) is 4.15. The number of carboxylic acid groups (broad SMARTS) is 1. The summed E-state index contributed by atoms with van der Waals surface area (Å²) in [6, 6.07) is 0.214. The van der Waals surface area contributed by atoms with Crippen molar-refractivity contribution in [2.24, 2.45) is 5.92 Å². The van der Waals surface area contributed by atoms with Crippen molar-refractivity contribution in [3.8, 4) is 0 Å². The molecule has 18 heavy (non-hydrogen) atoms. The first-order chi connectivity index (χ1) is 8.42. The van der Waals surface area contributed by atoms with Gasteiger partial charge in [-0.1, -0.05) is 13.3 Å². The molecule has 0 aromatic rings. The van der Waals surface area contributed by atoms with E-state index in [9.17, 15) is 9.90 Å². The molecule has 0 amide bonds. The number of nitrogens with zero attached hydrogens (tertiary/aromatic N) is 1. The predicted molar refractivity (Wildman–Crippen MR) is 73.8 cm³/mol. The molecule has 1 aliphatic carbocycles. The van der Waals surface area contributed by atoms with Gasteiger partial charge >= 0.3 is 5.97 Å². The number of hydrogen-bond acceptors (Lipinski definition) is 3. The van der Waals surface area contributed by atoms with Crippen molar-refractivity contribution in [1.29, 1.82) is 0 Å². The maximum absolute atomic E-state index is 11.7. The van der Waals surface area contributed by atoms with Crippen LogP contribution in [0.5, 0.6) is 0 Å². The van der Waals surface area contributed by atoms with Gasteiger partial charge in [0, 0.05) is 6.04 Å². The van der Waals surface area contributed by atoms with Crippen molar-refractivity contribution < 1.29 is 9.90 Å². The molecule has 2 unspecified atom stereocenters. The summed E-state index contributed by atoms with van der Waals surface area (Å²) in [5, 5.41) is 13.0. The van der Waals surface area contributed by atoms with Gasteiger partial charge in [-0.2, -0.15) is 0 Å². The molecule has 2 N–H and O–H groups in total. The molecule has 1 fully saturated rings. The second kappa shape index (κ2) is 6.53. The molecule has 106 valence electrons. The average Bonchev–Trinajstić information content (AvgIpc) is 2.69. The van der Waals surface area contributed by atoms with Crippen LogP contribution in [0.25, 0.3) is 0 Å². The molecule has 1 aliphatic rings. The number of hydrogen-bond donors (Lipinski definition) is 2. The van der Waals surface area contributed by atoms with E-state index in [1.165, 1.54) is 0 Å². The van der Waals surface area contributed by atoms with Gasteiger partial charge in [0.25, 0.3) is 0 Å². The van der Waals surface area contributed by atoms with E-state index < -0.39 is 11.5 Å². The second-order valence-electron chi connectivity index (χ2n) is 5.85. The highest BCUT2D eigenvalue weighted by Gasteiger charge is 2.48. The van der Waals surface area contributed by atoms with Crippen LogP contribution in [0.2, 0.25) is 0 Å². The first-order valence-electron chi connectivity index (χ1n) is 7.12. The van der Waals surface area contributed by atoms with E-state index in [4.69, 9.17) is 0 Å². The molecule has 2 atom stereocenters. The SMILES string of the molecule is CCN(C)CCC1CCCC1(NC(C)C)C(=O)O. The van der Waals surface area contributed by atoms with Gasteiger partial charge < -0.3 is 10.0 Å².